The van der Waals surface area contributed by atoms with Crippen LogP contribution in [-0.2, 0) is 11.2 Å². The molecular formula is C17H19N5OS2. The van der Waals surface area contributed by atoms with E-state index in [2.05, 4.69) is 16.3 Å². The molecule has 3 aromatic heterocycles. The molecule has 0 amide bonds. The lowest BCUT2D eigenvalue weighted by Crippen LogP contribution is -2.37. The standard InChI is InChI=1S/C17H19N5OS2/c18-16(24)12-3-4-13(14-2-1-11-25-14)22-17(12)19-15(20-22)5-6-21-7-9-23-10-8-21/h1-4,11H,5-10H2,(H2,18,24). The van der Waals surface area contributed by atoms with Gasteiger partial charge in [-0.2, -0.15) is 5.10 Å². The molecule has 0 aliphatic carbocycles. The summed E-state index contributed by atoms with van der Waals surface area (Å²) in [6, 6.07) is 8.06. The van der Waals surface area contributed by atoms with E-state index in [9.17, 15) is 0 Å². The predicted molar refractivity (Wildman–Crippen MR) is 103 cm³/mol. The third-order valence-corrected chi connectivity index (χ3v) is 5.43. The van der Waals surface area contributed by atoms with E-state index in [1.807, 2.05) is 22.7 Å². The molecule has 130 valence electrons. The van der Waals surface area contributed by atoms with Gasteiger partial charge in [-0.15, -0.1) is 11.3 Å². The van der Waals surface area contributed by atoms with Crippen LogP contribution in [0.3, 0.4) is 0 Å². The number of nitrogens with two attached hydrogens (primary N) is 1. The zero-order chi connectivity index (χ0) is 17.2. The van der Waals surface area contributed by atoms with Gasteiger partial charge in [-0.3, -0.25) is 4.90 Å². The van der Waals surface area contributed by atoms with Gasteiger partial charge in [-0.1, -0.05) is 18.3 Å². The monoisotopic (exact) mass is 373 g/mol. The van der Waals surface area contributed by atoms with Crippen LogP contribution < -0.4 is 5.73 Å². The van der Waals surface area contributed by atoms with Crippen molar-refractivity contribution >= 4 is 34.2 Å². The molecule has 25 heavy (non-hydrogen) atoms. The van der Waals surface area contributed by atoms with Crippen molar-refractivity contribution in [1.29, 1.82) is 0 Å². The van der Waals surface area contributed by atoms with Crippen molar-refractivity contribution in [3.05, 3.63) is 41.0 Å². The Labute approximate surface area is 155 Å². The Morgan fingerprint density at radius 3 is 2.84 bits per heavy atom. The zero-order valence-corrected chi connectivity index (χ0v) is 15.4. The molecule has 1 fully saturated rings. The first kappa shape index (κ1) is 16.6. The van der Waals surface area contributed by atoms with Crippen LogP contribution >= 0.6 is 23.6 Å². The third-order valence-electron chi connectivity index (χ3n) is 4.32. The second-order valence-corrected chi connectivity index (χ2v) is 7.33. The maximum atomic E-state index is 5.88. The Hall–Kier alpha value is -1.87. The molecule has 1 saturated heterocycles. The van der Waals surface area contributed by atoms with Gasteiger partial charge in [-0.05, 0) is 23.6 Å². The molecule has 8 heteroatoms. The van der Waals surface area contributed by atoms with Crippen molar-refractivity contribution in [2.45, 2.75) is 6.42 Å². The van der Waals surface area contributed by atoms with E-state index in [0.29, 0.717) is 4.99 Å². The summed E-state index contributed by atoms with van der Waals surface area (Å²) in [5, 5.41) is 6.79. The lowest BCUT2D eigenvalue weighted by molar-refractivity contribution is 0.0382. The summed E-state index contributed by atoms with van der Waals surface area (Å²) >= 11 is 6.86. The molecule has 0 spiro atoms. The Kier molecular flexibility index (Phi) is 4.76. The van der Waals surface area contributed by atoms with E-state index in [0.717, 1.165) is 66.9 Å². The number of aromatic nitrogens is 3. The Bertz CT molecular complexity index is 884. The van der Waals surface area contributed by atoms with Gasteiger partial charge in [-0.25, -0.2) is 9.50 Å². The molecule has 0 saturated carbocycles. The molecule has 3 aromatic rings. The van der Waals surface area contributed by atoms with E-state index in [-0.39, 0.29) is 0 Å². The van der Waals surface area contributed by atoms with E-state index in [1.54, 1.807) is 11.3 Å². The number of rotatable bonds is 5. The average Bonchev–Trinajstić information content (AvgIpc) is 3.29. The fourth-order valence-corrected chi connectivity index (χ4v) is 3.89. The normalized spacial score (nSPS) is 15.7. The van der Waals surface area contributed by atoms with Crippen LogP contribution in [0.15, 0.2) is 29.6 Å². The van der Waals surface area contributed by atoms with Crippen molar-refractivity contribution < 1.29 is 4.74 Å². The van der Waals surface area contributed by atoms with Gasteiger partial charge in [0, 0.05) is 26.1 Å². The number of ether oxygens (including phenoxy) is 1. The van der Waals surface area contributed by atoms with Gasteiger partial charge in [0.2, 0.25) is 0 Å². The molecular weight excluding hydrogens is 354 g/mol. The summed E-state index contributed by atoms with van der Waals surface area (Å²) in [6.07, 6.45) is 0.794. The average molecular weight is 374 g/mol. The number of thiophene rings is 1. The lowest BCUT2D eigenvalue weighted by atomic mass is 10.2. The van der Waals surface area contributed by atoms with Crippen LogP contribution in [0.5, 0.6) is 0 Å². The van der Waals surface area contributed by atoms with E-state index in [4.69, 9.17) is 32.8 Å². The van der Waals surface area contributed by atoms with E-state index < -0.39 is 0 Å². The SMILES string of the molecule is NC(=S)c1ccc(-c2cccs2)n2nc(CCN3CCOCC3)nc12. The highest BCUT2D eigenvalue weighted by molar-refractivity contribution is 7.80. The van der Waals surface area contributed by atoms with Gasteiger partial charge in [0.25, 0.3) is 0 Å². The van der Waals surface area contributed by atoms with Crippen molar-refractivity contribution in [3.8, 4) is 10.6 Å². The van der Waals surface area contributed by atoms with Gasteiger partial charge < -0.3 is 10.5 Å². The number of pyridine rings is 1. The fraction of sp³-hybridized carbons (Fsp3) is 0.353. The third kappa shape index (κ3) is 3.43. The van der Waals surface area contributed by atoms with Crippen LogP contribution in [0.2, 0.25) is 0 Å². The number of nitrogens with zero attached hydrogens (tertiary/aromatic N) is 4. The Morgan fingerprint density at radius 1 is 1.28 bits per heavy atom. The van der Waals surface area contributed by atoms with Crippen molar-refractivity contribution in [1.82, 2.24) is 19.5 Å². The highest BCUT2D eigenvalue weighted by atomic mass is 32.1. The summed E-state index contributed by atoms with van der Waals surface area (Å²) in [4.78, 5) is 8.58. The first-order valence-corrected chi connectivity index (χ1v) is 9.53. The molecule has 0 unspecified atom stereocenters. The first-order chi connectivity index (χ1) is 12.2. The van der Waals surface area contributed by atoms with Gasteiger partial charge in [0.1, 0.15) is 4.99 Å². The highest BCUT2D eigenvalue weighted by Gasteiger charge is 2.16. The molecule has 1 aliphatic rings. The van der Waals surface area contributed by atoms with Gasteiger partial charge in [0.05, 0.1) is 29.3 Å². The summed E-state index contributed by atoms with van der Waals surface area (Å²) in [6.45, 7) is 4.45. The fourth-order valence-electron chi connectivity index (χ4n) is 3.00. The molecule has 4 heterocycles. The van der Waals surface area contributed by atoms with E-state index in [1.165, 1.54) is 0 Å². The highest BCUT2D eigenvalue weighted by Crippen LogP contribution is 2.26. The summed E-state index contributed by atoms with van der Waals surface area (Å²) in [5.41, 5.74) is 8.39. The lowest BCUT2D eigenvalue weighted by Gasteiger charge is -2.25. The van der Waals surface area contributed by atoms with Crippen molar-refractivity contribution in [3.63, 3.8) is 0 Å². The molecule has 1 aliphatic heterocycles. The molecule has 0 aromatic carbocycles. The Balaban J connectivity index is 1.68. The number of fused-ring (bicyclic) bond motifs is 1. The second-order valence-electron chi connectivity index (χ2n) is 5.94. The van der Waals surface area contributed by atoms with Crippen molar-refractivity contribution in [2.24, 2.45) is 5.73 Å². The number of hydrogen-bond acceptors (Lipinski definition) is 6. The topological polar surface area (TPSA) is 68.7 Å². The minimum absolute atomic E-state index is 0.342. The number of thiocarbonyl (C=S) groups is 1. The molecule has 2 N–H and O–H groups in total. The molecule has 4 rings (SSSR count). The van der Waals surface area contributed by atoms with E-state index >= 15 is 0 Å². The van der Waals surface area contributed by atoms with Crippen molar-refractivity contribution in [2.75, 3.05) is 32.8 Å². The quantitative estimate of drug-likeness (QED) is 0.690. The van der Waals surface area contributed by atoms with Crippen LogP contribution in [0.1, 0.15) is 11.4 Å². The van der Waals surface area contributed by atoms with Gasteiger partial charge in [0.15, 0.2) is 11.5 Å². The minimum Gasteiger partial charge on any atom is -0.389 e. The molecule has 0 radical (unpaired) electrons. The number of hydrogen-bond donors (Lipinski definition) is 1. The van der Waals surface area contributed by atoms with Crippen LogP contribution in [0, 0.1) is 0 Å². The zero-order valence-electron chi connectivity index (χ0n) is 13.7. The largest absolute Gasteiger partial charge is 0.389 e. The summed E-state index contributed by atoms with van der Waals surface area (Å²) < 4.78 is 7.26. The number of morpholine rings is 1. The second kappa shape index (κ2) is 7.17. The van der Waals surface area contributed by atoms with Crippen LogP contribution in [-0.4, -0.2) is 57.3 Å². The molecule has 0 bridgehead atoms. The summed E-state index contributed by atoms with van der Waals surface area (Å²) in [7, 11) is 0. The maximum absolute atomic E-state index is 5.88. The maximum Gasteiger partial charge on any atom is 0.166 e. The smallest absolute Gasteiger partial charge is 0.166 e. The first-order valence-electron chi connectivity index (χ1n) is 8.25. The van der Waals surface area contributed by atoms with Crippen LogP contribution in [0.4, 0.5) is 0 Å². The molecule has 0 atom stereocenters. The predicted octanol–water partition coefficient (Wildman–Crippen LogP) is 1.97. The van der Waals surface area contributed by atoms with Crippen LogP contribution in [0.25, 0.3) is 16.2 Å². The minimum atomic E-state index is 0.342. The van der Waals surface area contributed by atoms with Gasteiger partial charge >= 0.3 is 0 Å². The Morgan fingerprint density at radius 2 is 2.12 bits per heavy atom. The molecule has 6 nitrogen and oxygen atoms in total. The summed E-state index contributed by atoms with van der Waals surface area (Å²) in [5.74, 6) is 0.813.